The van der Waals surface area contributed by atoms with E-state index >= 15 is 0 Å². The van der Waals surface area contributed by atoms with Gasteiger partial charge in [0.1, 0.15) is 18.0 Å². The summed E-state index contributed by atoms with van der Waals surface area (Å²) in [6.07, 6.45) is 7.46. The summed E-state index contributed by atoms with van der Waals surface area (Å²) in [5.74, 6) is 0.780. The van der Waals surface area contributed by atoms with Crippen LogP contribution in [0.25, 0.3) is 33.5 Å². The molecule has 6 heterocycles. The van der Waals surface area contributed by atoms with Crippen LogP contribution in [0.5, 0.6) is 5.75 Å². The third-order valence-electron chi connectivity index (χ3n) is 8.10. The molecule has 2 aliphatic rings. The Morgan fingerprint density at radius 3 is 2.87 bits per heavy atom. The van der Waals surface area contributed by atoms with Crippen molar-refractivity contribution in [3.05, 3.63) is 49.1 Å². The lowest BCUT2D eigenvalue weighted by molar-refractivity contribution is -0.143. The largest absolute Gasteiger partial charge is 0.494 e. The molecular weight excluding hydrogens is 598 g/mol. The smallest absolute Gasteiger partial charge is 0.412 e. The second-order valence-corrected chi connectivity index (χ2v) is 11.9. The topological polar surface area (TPSA) is 161 Å². The van der Waals surface area contributed by atoms with Crippen molar-refractivity contribution in [3.8, 4) is 22.7 Å². The number of aromatic nitrogens is 6. The number of rotatable bonds is 8. The molecule has 7 rings (SSSR count). The van der Waals surface area contributed by atoms with Gasteiger partial charge in [0, 0.05) is 48.4 Å². The van der Waals surface area contributed by atoms with Gasteiger partial charge in [0.25, 0.3) is 0 Å². The number of carboxylic acid groups (broad SMARTS) is 1. The van der Waals surface area contributed by atoms with Gasteiger partial charge in [-0.05, 0) is 44.1 Å². The quantitative estimate of drug-likeness (QED) is 0.227. The van der Waals surface area contributed by atoms with E-state index in [0.29, 0.717) is 72.0 Å². The maximum absolute atomic E-state index is 12.9. The fourth-order valence-electron chi connectivity index (χ4n) is 5.73. The SMILES string of the molecule is COc1cc2c(cc1-n1nc(NC(=O)OCCN3CCC(C(=O)O)CC3)c3cnc(-c4cnn5cccnc45)cc31)SCCN2. The molecule has 15 heteroatoms. The number of anilines is 2. The zero-order chi connectivity index (χ0) is 30.9. The minimum absolute atomic E-state index is 0.162. The molecule has 0 atom stereocenters. The number of aliphatic carboxylic acids is 1. The lowest BCUT2D eigenvalue weighted by Crippen LogP contribution is -2.38. The summed E-state index contributed by atoms with van der Waals surface area (Å²) in [6.45, 7) is 2.86. The van der Waals surface area contributed by atoms with Crippen LogP contribution in [-0.2, 0) is 9.53 Å². The first-order chi connectivity index (χ1) is 22.0. The summed E-state index contributed by atoms with van der Waals surface area (Å²) in [4.78, 5) is 36.5. The van der Waals surface area contributed by atoms with Crippen molar-refractivity contribution in [1.82, 2.24) is 34.3 Å². The highest BCUT2D eigenvalue weighted by Gasteiger charge is 2.25. The molecule has 0 saturated carbocycles. The van der Waals surface area contributed by atoms with Crippen LogP contribution in [-0.4, -0.2) is 97.1 Å². The first kappa shape index (κ1) is 28.9. The molecule has 1 fully saturated rings. The van der Waals surface area contributed by atoms with Crippen LogP contribution in [0.15, 0.2) is 53.9 Å². The summed E-state index contributed by atoms with van der Waals surface area (Å²) in [6, 6.07) is 7.70. The van der Waals surface area contributed by atoms with E-state index in [2.05, 4.69) is 25.6 Å². The van der Waals surface area contributed by atoms with Crippen LogP contribution in [0.2, 0.25) is 0 Å². The number of carboxylic acids is 1. The van der Waals surface area contributed by atoms with E-state index in [1.807, 2.05) is 30.5 Å². The lowest BCUT2D eigenvalue weighted by atomic mass is 9.97. The van der Waals surface area contributed by atoms with Crippen LogP contribution >= 0.6 is 11.8 Å². The Kier molecular flexibility index (Phi) is 7.85. The van der Waals surface area contributed by atoms with Gasteiger partial charge in [-0.1, -0.05) is 0 Å². The molecule has 0 radical (unpaired) electrons. The second-order valence-electron chi connectivity index (χ2n) is 10.8. The summed E-state index contributed by atoms with van der Waals surface area (Å²) in [5, 5.41) is 25.3. The van der Waals surface area contributed by atoms with Crippen LogP contribution in [0, 0.1) is 5.92 Å². The predicted octanol–water partition coefficient (Wildman–Crippen LogP) is 4.00. The zero-order valence-electron chi connectivity index (χ0n) is 24.5. The Morgan fingerprint density at radius 1 is 1.18 bits per heavy atom. The molecule has 232 valence electrons. The predicted molar refractivity (Wildman–Crippen MR) is 168 cm³/mol. The monoisotopic (exact) mass is 629 g/mol. The van der Waals surface area contributed by atoms with Crippen LogP contribution in [0.1, 0.15) is 12.8 Å². The average Bonchev–Trinajstić information content (AvgIpc) is 3.65. The van der Waals surface area contributed by atoms with Crippen molar-refractivity contribution in [3.63, 3.8) is 0 Å². The standard InChI is InChI=1S/C30H31N9O5S/c1-43-25-14-22-26(45-12-6-31-22)15-24(25)39-23-13-21(19-17-34-38-7-2-5-32-28(19)38)33-16-20(23)27(36-39)35-30(42)44-11-10-37-8-3-18(4-9-37)29(40)41/h2,5,7,13-18,31H,3-4,6,8-12H2,1H3,(H,40,41)(H,35,36,42). The van der Waals surface area contributed by atoms with Gasteiger partial charge in [0.15, 0.2) is 11.5 Å². The molecule has 1 aromatic carbocycles. The lowest BCUT2D eigenvalue weighted by Gasteiger charge is -2.29. The maximum Gasteiger partial charge on any atom is 0.412 e. The number of carbonyl (C=O) groups is 2. The number of ether oxygens (including phenoxy) is 2. The molecule has 5 aromatic rings. The van der Waals surface area contributed by atoms with Gasteiger partial charge >= 0.3 is 12.1 Å². The molecule has 3 N–H and O–H groups in total. The number of nitrogens with zero attached hydrogens (tertiary/aromatic N) is 7. The Hall–Kier alpha value is -4.89. The first-order valence-corrected chi connectivity index (χ1v) is 15.6. The number of piperidine rings is 1. The number of nitrogens with one attached hydrogen (secondary N) is 2. The maximum atomic E-state index is 12.9. The van der Waals surface area contributed by atoms with Gasteiger partial charge < -0.3 is 19.9 Å². The van der Waals surface area contributed by atoms with E-state index in [1.54, 1.807) is 46.7 Å². The van der Waals surface area contributed by atoms with Crippen molar-refractivity contribution in [2.75, 3.05) is 56.3 Å². The molecule has 0 unspecified atom stereocenters. The molecule has 14 nitrogen and oxygen atoms in total. The third-order valence-corrected chi connectivity index (χ3v) is 9.16. The molecule has 0 bridgehead atoms. The van der Waals surface area contributed by atoms with E-state index in [4.69, 9.17) is 19.6 Å². The van der Waals surface area contributed by atoms with E-state index in [0.717, 1.165) is 28.4 Å². The van der Waals surface area contributed by atoms with E-state index in [-0.39, 0.29) is 12.5 Å². The van der Waals surface area contributed by atoms with Crippen molar-refractivity contribution in [1.29, 1.82) is 0 Å². The Bertz CT molecular complexity index is 1900. The molecule has 2 aliphatic heterocycles. The molecule has 4 aromatic heterocycles. The first-order valence-electron chi connectivity index (χ1n) is 14.6. The number of fused-ring (bicyclic) bond motifs is 3. The molecule has 0 aliphatic carbocycles. The van der Waals surface area contributed by atoms with E-state index in [9.17, 15) is 14.7 Å². The number of pyridine rings is 1. The molecule has 1 saturated heterocycles. The number of amides is 1. The van der Waals surface area contributed by atoms with Crippen LogP contribution < -0.4 is 15.4 Å². The highest BCUT2D eigenvalue weighted by Crippen LogP contribution is 2.40. The van der Waals surface area contributed by atoms with Crippen molar-refractivity contribution < 1.29 is 24.2 Å². The highest BCUT2D eigenvalue weighted by atomic mass is 32.2. The van der Waals surface area contributed by atoms with E-state index < -0.39 is 12.1 Å². The van der Waals surface area contributed by atoms with Crippen molar-refractivity contribution in [2.24, 2.45) is 5.92 Å². The average molecular weight is 630 g/mol. The Labute approximate surface area is 261 Å². The van der Waals surface area contributed by atoms with E-state index in [1.165, 1.54) is 0 Å². The van der Waals surface area contributed by atoms with Crippen LogP contribution in [0.4, 0.5) is 16.3 Å². The van der Waals surface area contributed by atoms with Crippen molar-refractivity contribution >= 4 is 51.9 Å². The van der Waals surface area contributed by atoms with Gasteiger partial charge in [0.2, 0.25) is 0 Å². The summed E-state index contributed by atoms with van der Waals surface area (Å²) in [5.41, 5.74) is 4.46. The normalized spacial score (nSPS) is 15.5. The van der Waals surface area contributed by atoms with Gasteiger partial charge in [-0.25, -0.2) is 19.0 Å². The van der Waals surface area contributed by atoms with Gasteiger partial charge in [-0.2, -0.15) is 5.10 Å². The van der Waals surface area contributed by atoms with Gasteiger partial charge in [0.05, 0.1) is 47.1 Å². The molecule has 1 amide bonds. The molecular formula is C30H31N9O5S. The minimum Gasteiger partial charge on any atom is -0.494 e. The third kappa shape index (κ3) is 5.71. The number of methoxy groups -OCH3 is 1. The molecule has 45 heavy (non-hydrogen) atoms. The number of hydrogen-bond acceptors (Lipinski definition) is 11. The number of carbonyl (C=O) groups excluding carboxylic acids is 1. The van der Waals surface area contributed by atoms with Crippen LogP contribution in [0.3, 0.4) is 0 Å². The second kappa shape index (κ2) is 12.2. The fourth-order valence-corrected chi connectivity index (χ4v) is 6.63. The van der Waals surface area contributed by atoms with Gasteiger partial charge in [-0.15, -0.1) is 16.9 Å². The minimum atomic E-state index is -0.752. The molecule has 0 spiro atoms. The number of benzene rings is 1. The van der Waals surface area contributed by atoms with Gasteiger partial charge in [-0.3, -0.25) is 20.0 Å². The number of thioether (sulfide) groups is 1. The summed E-state index contributed by atoms with van der Waals surface area (Å²) >= 11 is 1.75. The Morgan fingerprint density at radius 2 is 2.04 bits per heavy atom. The Balaban J connectivity index is 1.19. The number of likely N-dealkylation sites (tertiary alicyclic amines) is 1. The highest BCUT2D eigenvalue weighted by molar-refractivity contribution is 7.99. The van der Waals surface area contributed by atoms with Crippen molar-refractivity contribution in [2.45, 2.75) is 17.7 Å². The zero-order valence-corrected chi connectivity index (χ0v) is 25.3. The summed E-state index contributed by atoms with van der Waals surface area (Å²) < 4.78 is 14.7. The number of hydrogen-bond donors (Lipinski definition) is 3. The summed E-state index contributed by atoms with van der Waals surface area (Å²) in [7, 11) is 1.62. The fraction of sp³-hybridized carbons (Fsp3) is 0.333.